The molecule has 0 saturated carbocycles. The summed E-state index contributed by atoms with van der Waals surface area (Å²) in [6, 6.07) is 10.6. The molecular weight excluding hydrogens is 619 g/mol. The second-order valence-electron chi connectivity index (χ2n) is 10.4. The zero-order valence-corrected chi connectivity index (χ0v) is 24.5. The Labute approximate surface area is 247 Å². The molecule has 15 heteroatoms. The van der Waals surface area contributed by atoms with Gasteiger partial charge in [0.1, 0.15) is 34.5 Å². The molecule has 1 aliphatic heterocycles. The third-order valence-corrected chi connectivity index (χ3v) is 9.17. The lowest BCUT2D eigenvalue weighted by Crippen LogP contribution is -2.45. The van der Waals surface area contributed by atoms with Crippen LogP contribution in [-0.4, -0.2) is 36.7 Å². The summed E-state index contributed by atoms with van der Waals surface area (Å²) in [5.74, 6) is -1.61. The Hall–Kier alpha value is -3.69. The van der Waals surface area contributed by atoms with E-state index < -0.39 is 44.8 Å². The minimum Gasteiger partial charge on any atom is -0.496 e. The number of anilines is 1. The van der Waals surface area contributed by atoms with Gasteiger partial charge in [0.15, 0.2) is 11.6 Å². The number of aromatic nitrogens is 1. The van der Waals surface area contributed by atoms with E-state index in [0.29, 0.717) is 37.9 Å². The number of rotatable bonds is 8. The van der Waals surface area contributed by atoms with Gasteiger partial charge in [-0.1, -0.05) is 0 Å². The average Bonchev–Trinajstić information content (AvgIpc) is 3.30. The van der Waals surface area contributed by atoms with E-state index in [9.17, 15) is 35.5 Å². The quantitative estimate of drug-likeness (QED) is 0.211. The van der Waals surface area contributed by atoms with E-state index in [0.717, 1.165) is 29.5 Å². The second-order valence-corrected chi connectivity index (χ2v) is 13.2. The summed E-state index contributed by atoms with van der Waals surface area (Å²) >= 11 is 1.15. The van der Waals surface area contributed by atoms with Crippen LogP contribution in [0, 0.1) is 17.6 Å². The number of benzene rings is 3. The number of hydrogen-bond acceptors (Lipinski definition) is 8. The molecule has 0 fully saturated rings. The zero-order valence-electron chi connectivity index (χ0n) is 22.8. The lowest BCUT2D eigenvalue weighted by Gasteiger charge is -2.43. The van der Waals surface area contributed by atoms with Gasteiger partial charge < -0.3 is 19.3 Å². The SMILES string of the molecule is COc1ccc(NS(=O)(=O)C(F)(F)F)cc1CC1C(O)c2cc(OCc3nc4cc(F)c(F)cc4s3)ccc2OC1(C)C. The minimum absolute atomic E-state index is 0.00886. The van der Waals surface area contributed by atoms with Crippen molar-refractivity contribution in [2.45, 2.75) is 44.1 Å². The van der Waals surface area contributed by atoms with Crippen molar-refractivity contribution < 1.29 is 49.7 Å². The molecule has 2 unspecified atom stereocenters. The van der Waals surface area contributed by atoms with Crippen LogP contribution in [0.1, 0.15) is 36.1 Å². The van der Waals surface area contributed by atoms with Crippen LogP contribution in [0.25, 0.3) is 10.2 Å². The van der Waals surface area contributed by atoms with Crippen molar-refractivity contribution in [3.05, 3.63) is 76.3 Å². The van der Waals surface area contributed by atoms with Gasteiger partial charge in [-0.05, 0) is 68.3 Å². The van der Waals surface area contributed by atoms with Gasteiger partial charge in [0.25, 0.3) is 0 Å². The van der Waals surface area contributed by atoms with Crippen molar-refractivity contribution in [2.75, 3.05) is 11.8 Å². The predicted molar refractivity (Wildman–Crippen MR) is 149 cm³/mol. The third kappa shape index (κ3) is 6.19. The molecule has 8 nitrogen and oxygen atoms in total. The molecule has 2 N–H and O–H groups in total. The summed E-state index contributed by atoms with van der Waals surface area (Å²) in [6.45, 7) is 3.48. The Morgan fingerprint density at radius 2 is 1.81 bits per heavy atom. The molecule has 4 aromatic rings. The van der Waals surface area contributed by atoms with Gasteiger partial charge in [0.05, 0.1) is 23.4 Å². The number of thiazole rings is 1. The highest BCUT2D eigenvalue weighted by Gasteiger charge is 2.46. The molecule has 5 rings (SSSR count). The molecule has 1 aromatic heterocycles. The van der Waals surface area contributed by atoms with Crippen LogP contribution in [0.3, 0.4) is 0 Å². The number of fused-ring (bicyclic) bond motifs is 2. The van der Waals surface area contributed by atoms with Crippen LogP contribution < -0.4 is 18.9 Å². The van der Waals surface area contributed by atoms with E-state index in [-0.39, 0.29) is 24.5 Å². The van der Waals surface area contributed by atoms with Gasteiger partial charge in [-0.3, -0.25) is 4.72 Å². The standard InChI is InChI=1S/C28H25F5N2O6S2/c1-27(2)18(9-14-8-15(4-6-22(14)39-3)35-43(37,38)28(31,32)33)26(36)17-10-16(5-7-23(17)41-27)40-13-25-34-21-11-19(29)20(30)12-24(21)42-25/h4-8,10-12,18,26,35-36H,9,13H2,1-3H3. The minimum atomic E-state index is -5.65. The van der Waals surface area contributed by atoms with Crippen molar-refractivity contribution >= 4 is 37.3 Å². The van der Waals surface area contributed by atoms with E-state index in [2.05, 4.69) is 4.98 Å². The lowest BCUT2D eigenvalue weighted by molar-refractivity contribution is -0.0537. The highest BCUT2D eigenvalue weighted by molar-refractivity contribution is 7.93. The zero-order chi connectivity index (χ0) is 31.3. The molecule has 0 saturated heterocycles. The Kier molecular flexibility index (Phi) is 7.94. The first-order valence-corrected chi connectivity index (χ1v) is 15.0. The molecule has 0 radical (unpaired) electrons. The number of nitrogens with one attached hydrogen (secondary N) is 1. The van der Waals surface area contributed by atoms with E-state index >= 15 is 0 Å². The number of alkyl halides is 3. The number of ether oxygens (including phenoxy) is 3. The Balaban J connectivity index is 1.38. The maximum Gasteiger partial charge on any atom is 0.516 e. The fourth-order valence-electron chi connectivity index (χ4n) is 4.88. The molecule has 2 atom stereocenters. The normalized spacial score (nSPS) is 18.2. The number of aliphatic hydroxyl groups is 1. The lowest BCUT2D eigenvalue weighted by atomic mass is 9.76. The van der Waals surface area contributed by atoms with Crippen molar-refractivity contribution in [1.29, 1.82) is 0 Å². The predicted octanol–water partition coefficient (Wildman–Crippen LogP) is 6.49. The highest BCUT2D eigenvalue weighted by atomic mass is 32.2. The van der Waals surface area contributed by atoms with Gasteiger partial charge >= 0.3 is 15.5 Å². The van der Waals surface area contributed by atoms with Crippen LogP contribution in [0.5, 0.6) is 17.2 Å². The van der Waals surface area contributed by atoms with Crippen LogP contribution in [0.4, 0.5) is 27.6 Å². The average molecular weight is 645 g/mol. The summed E-state index contributed by atoms with van der Waals surface area (Å²) in [5, 5.41) is 12.0. The molecule has 2 heterocycles. The number of nitrogens with zero attached hydrogens (tertiary/aromatic N) is 1. The molecule has 0 spiro atoms. The van der Waals surface area contributed by atoms with E-state index in [1.807, 2.05) is 0 Å². The second kappa shape index (κ2) is 11.1. The molecular formula is C28H25F5N2O6S2. The Morgan fingerprint density at radius 1 is 1.09 bits per heavy atom. The number of hydrogen-bond donors (Lipinski definition) is 2. The van der Waals surface area contributed by atoms with Gasteiger partial charge in [-0.15, -0.1) is 11.3 Å². The Morgan fingerprint density at radius 3 is 2.51 bits per heavy atom. The van der Waals surface area contributed by atoms with E-state index in [1.54, 1.807) is 32.0 Å². The van der Waals surface area contributed by atoms with Crippen LogP contribution in [0.15, 0.2) is 48.5 Å². The first-order chi connectivity index (χ1) is 20.1. The van der Waals surface area contributed by atoms with Crippen LogP contribution in [0.2, 0.25) is 0 Å². The number of aliphatic hydroxyl groups excluding tert-OH is 1. The van der Waals surface area contributed by atoms with Crippen LogP contribution in [-0.2, 0) is 23.1 Å². The molecule has 1 aliphatic rings. The van der Waals surface area contributed by atoms with E-state index in [4.69, 9.17) is 14.2 Å². The summed E-state index contributed by atoms with van der Waals surface area (Å²) < 4.78 is 109. The first-order valence-electron chi connectivity index (χ1n) is 12.7. The topological polar surface area (TPSA) is 107 Å². The van der Waals surface area contributed by atoms with Crippen molar-refractivity contribution in [3.8, 4) is 17.2 Å². The number of methoxy groups -OCH3 is 1. The summed E-state index contributed by atoms with van der Waals surface area (Å²) in [6.07, 6.45) is -1.08. The summed E-state index contributed by atoms with van der Waals surface area (Å²) in [7, 11) is -4.30. The number of halogens is 5. The molecule has 0 bridgehead atoms. The smallest absolute Gasteiger partial charge is 0.496 e. The molecule has 0 aliphatic carbocycles. The van der Waals surface area contributed by atoms with Gasteiger partial charge in [-0.2, -0.15) is 21.6 Å². The van der Waals surface area contributed by atoms with Crippen LogP contribution >= 0.6 is 11.3 Å². The maximum atomic E-state index is 13.6. The highest BCUT2D eigenvalue weighted by Crippen LogP contribution is 2.47. The van der Waals surface area contributed by atoms with E-state index in [1.165, 1.54) is 24.0 Å². The van der Waals surface area contributed by atoms with Gasteiger partial charge in [0, 0.05) is 23.2 Å². The number of sulfonamides is 1. The van der Waals surface area contributed by atoms with Crippen molar-refractivity contribution in [1.82, 2.24) is 4.98 Å². The molecule has 3 aromatic carbocycles. The summed E-state index contributed by atoms with van der Waals surface area (Å²) in [5.41, 5.74) is -5.77. The van der Waals surface area contributed by atoms with Crippen molar-refractivity contribution in [3.63, 3.8) is 0 Å². The third-order valence-electron chi connectivity index (χ3n) is 7.06. The monoisotopic (exact) mass is 644 g/mol. The largest absolute Gasteiger partial charge is 0.516 e. The first kappa shape index (κ1) is 30.8. The summed E-state index contributed by atoms with van der Waals surface area (Å²) in [4.78, 5) is 4.26. The molecule has 0 amide bonds. The Bertz CT molecular complexity index is 1750. The fraction of sp³-hybridized carbons (Fsp3) is 0.321. The van der Waals surface area contributed by atoms with Gasteiger partial charge in [0.2, 0.25) is 0 Å². The molecule has 43 heavy (non-hydrogen) atoms. The van der Waals surface area contributed by atoms with Crippen molar-refractivity contribution in [2.24, 2.45) is 5.92 Å². The van der Waals surface area contributed by atoms with Gasteiger partial charge in [-0.25, -0.2) is 13.8 Å². The maximum absolute atomic E-state index is 13.6. The fourth-order valence-corrected chi connectivity index (χ4v) is 6.32. The molecule has 230 valence electrons.